The molecule has 3 rings (SSSR count). The lowest BCUT2D eigenvalue weighted by Crippen LogP contribution is -2.29. The first-order valence-corrected chi connectivity index (χ1v) is 6.58. The van der Waals surface area contributed by atoms with Crippen LogP contribution >= 0.6 is 0 Å². The lowest BCUT2D eigenvalue weighted by Gasteiger charge is -2.30. The van der Waals surface area contributed by atoms with Gasteiger partial charge in [0.25, 0.3) is 0 Å². The number of rotatable bonds is 2. The van der Waals surface area contributed by atoms with Crippen LogP contribution in [-0.2, 0) is 0 Å². The van der Waals surface area contributed by atoms with Gasteiger partial charge in [0.05, 0.1) is 6.61 Å². The van der Waals surface area contributed by atoms with Crippen molar-refractivity contribution in [1.29, 1.82) is 0 Å². The molecule has 17 heavy (non-hydrogen) atoms. The van der Waals surface area contributed by atoms with E-state index in [9.17, 15) is 0 Å². The molecule has 0 radical (unpaired) electrons. The van der Waals surface area contributed by atoms with E-state index in [0.717, 1.165) is 31.0 Å². The molecule has 1 aromatic carbocycles. The van der Waals surface area contributed by atoms with Crippen molar-refractivity contribution in [2.24, 2.45) is 0 Å². The summed E-state index contributed by atoms with van der Waals surface area (Å²) in [5.41, 5.74) is 8.24. The Morgan fingerprint density at radius 1 is 1.29 bits per heavy atom. The van der Waals surface area contributed by atoms with Crippen LogP contribution in [0.25, 0.3) is 0 Å². The number of anilines is 1. The minimum absolute atomic E-state index is 0.554. The molecule has 0 amide bonds. The second-order valence-corrected chi connectivity index (χ2v) is 5.10. The third kappa shape index (κ3) is 2.12. The molecule has 1 saturated heterocycles. The lowest BCUT2D eigenvalue weighted by molar-refractivity contribution is 0.232. The van der Waals surface area contributed by atoms with E-state index in [2.05, 4.69) is 4.90 Å². The van der Waals surface area contributed by atoms with Crippen molar-refractivity contribution < 1.29 is 4.74 Å². The number of benzene rings is 1. The molecule has 92 valence electrons. The van der Waals surface area contributed by atoms with E-state index in [1.807, 2.05) is 18.2 Å². The number of fused-ring (bicyclic) bond motifs is 1. The maximum absolute atomic E-state index is 6.11. The largest absolute Gasteiger partial charge is 0.493 e. The quantitative estimate of drug-likeness (QED) is 0.795. The molecule has 0 aromatic heterocycles. The van der Waals surface area contributed by atoms with Crippen LogP contribution in [0.4, 0.5) is 5.69 Å². The molecule has 2 heterocycles. The maximum Gasteiger partial charge on any atom is 0.124 e. The van der Waals surface area contributed by atoms with E-state index < -0.39 is 0 Å². The van der Waals surface area contributed by atoms with Crippen LogP contribution < -0.4 is 10.5 Å². The minimum Gasteiger partial charge on any atom is -0.493 e. The predicted octanol–water partition coefficient (Wildman–Crippen LogP) is 2.23. The first-order valence-electron chi connectivity index (χ1n) is 6.58. The van der Waals surface area contributed by atoms with Gasteiger partial charge in [0.1, 0.15) is 5.75 Å². The first kappa shape index (κ1) is 10.9. The van der Waals surface area contributed by atoms with Gasteiger partial charge < -0.3 is 15.4 Å². The number of nitrogen functional groups attached to an aromatic ring is 1. The molecule has 0 saturated carbocycles. The number of nitrogens with two attached hydrogens (primary N) is 1. The van der Waals surface area contributed by atoms with Crippen molar-refractivity contribution in [3.05, 3.63) is 23.8 Å². The van der Waals surface area contributed by atoms with Crippen LogP contribution in [0, 0.1) is 0 Å². The number of ether oxygens (including phenoxy) is 1. The molecule has 3 nitrogen and oxygen atoms in total. The molecule has 1 aromatic rings. The van der Waals surface area contributed by atoms with E-state index in [1.165, 1.54) is 31.5 Å². The SMILES string of the molecule is Nc1cccc2c1C(CN1CCCC1)CCO2. The number of hydrogen-bond donors (Lipinski definition) is 1. The van der Waals surface area contributed by atoms with Crippen molar-refractivity contribution in [2.75, 3.05) is 32.0 Å². The van der Waals surface area contributed by atoms with E-state index in [-0.39, 0.29) is 0 Å². The van der Waals surface area contributed by atoms with E-state index in [1.54, 1.807) is 0 Å². The van der Waals surface area contributed by atoms with Crippen LogP contribution in [0.5, 0.6) is 5.75 Å². The molecule has 0 spiro atoms. The second kappa shape index (κ2) is 4.57. The van der Waals surface area contributed by atoms with Crippen molar-refractivity contribution in [2.45, 2.75) is 25.2 Å². The third-order valence-corrected chi connectivity index (χ3v) is 3.91. The van der Waals surface area contributed by atoms with Gasteiger partial charge in [-0.05, 0) is 44.5 Å². The van der Waals surface area contributed by atoms with Gasteiger partial charge in [0.2, 0.25) is 0 Å². The van der Waals surface area contributed by atoms with Crippen molar-refractivity contribution >= 4 is 5.69 Å². The normalized spacial score (nSPS) is 24.4. The molecule has 1 unspecified atom stereocenters. The summed E-state index contributed by atoms with van der Waals surface area (Å²) in [4.78, 5) is 2.56. The van der Waals surface area contributed by atoms with Crippen molar-refractivity contribution in [3.8, 4) is 5.75 Å². The third-order valence-electron chi connectivity index (χ3n) is 3.91. The van der Waals surface area contributed by atoms with Gasteiger partial charge in [-0.2, -0.15) is 0 Å². The molecule has 1 atom stereocenters. The van der Waals surface area contributed by atoms with Gasteiger partial charge in [-0.3, -0.25) is 0 Å². The average Bonchev–Trinajstić information content (AvgIpc) is 2.82. The highest BCUT2D eigenvalue weighted by molar-refractivity contribution is 5.57. The van der Waals surface area contributed by atoms with Crippen LogP contribution in [-0.4, -0.2) is 31.1 Å². The fourth-order valence-corrected chi connectivity index (χ4v) is 3.04. The Balaban J connectivity index is 1.83. The fraction of sp³-hybridized carbons (Fsp3) is 0.571. The minimum atomic E-state index is 0.554. The zero-order valence-corrected chi connectivity index (χ0v) is 10.2. The van der Waals surface area contributed by atoms with E-state index in [4.69, 9.17) is 10.5 Å². The molecule has 3 heteroatoms. The second-order valence-electron chi connectivity index (χ2n) is 5.10. The molecule has 0 bridgehead atoms. The Labute approximate surface area is 103 Å². The summed E-state index contributed by atoms with van der Waals surface area (Å²) in [6, 6.07) is 6.01. The van der Waals surface area contributed by atoms with Gasteiger partial charge in [-0.1, -0.05) is 6.07 Å². The maximum atomic E-state index is 6.11. The summed E-state index contributed by atoms with van der Waals surface area (Å²) in [6.45, 7) is 4.47. The van der Waals surface area contributed by atoms with Crippen molar-refractivity contribution in [3.63, 3.8) is 0 Å². The topological polar surface area (TPSA) is 38.5 Å². The van der Waals surface area contributed by atoms with Gasteiger partial charge >= 0.3 is 0 Å². The summed E-state index contributed by atoms with van der Waals surface area (Å²) in [5.74, 6) is 1.55. The summed E-state index contributed by atoms with van der Waals surface area (Å²) < 4.78 is 5.70. The van der Waals surface area contributed by atoms with Gasteiger partial charge in [-0.15, -0.1) is 0 Å². The number of nitrogens with zero attached hydrogens (tertiary/aromatic N) is 1. The zero-order chi connectivity index (χ0) is 11.7. The van der Waals surface area contributed by atoms with E-state index >= 15 is 0 Å². The molecule has 2 aliphatic rings. The summed E-state index contributed by atoms with van der Waals surface area (Å²) in [6.07, 6.45) is 3.79. The summed E-state index contributed by atoms with van der Waals surface area (Å²) >= 11 is 0. The number of likely N-dealkylation sites (tertiary alicyclic amines) is 1. The van der Waals surface area contributed by atoms with Gasteiger partial charge in [0.15, 0.2) is 0 Å². The predicted molar refractivity (Wildman–Crippen MR) is 69.4 cm³/mol. The van der Waals surface area contributed by atoms with Gasteiger partial charge in [0, 0.05) is 23.7 Å². The van der Waals surface area contributed by atoms with Crippen molar-refractivity contribution in [1.82, 2.24) is 4.90 Å². The van der Waals surface area contributed by atoms with Crippen LogP contribution in [0.1, 0.15) is 30.7 Å². The summed E-state index contributed by atoms with van der Waals surface area (Å²) in [5, 5.41) is 0. The summed E-state index contributed by atoms with van der Waals surface area (Å²) in [7, 11) is 0. The van der Waals surface area contributed by atoms with Gasteiger partial charge in [-0.25, -0.2) is 0 Å². The first-order chi connectivity index (χ1) is 8.34. The Morgan fingerprint density at radius 3 is 2.94 bits per heavy atom. The standard InChI is InChI=1S/C14H20N2O/c15-12-4-3-5-13-14(12)11(6-9-17-13)10-16-7-1-2-8-16/h3-5,11H,1-2,6-10,15H2. The molecular weight excluding hydrogens is 212 g/mol. The highest BCUT2D eigenvalue weighted by Crippen LogP contribution is 2.38. The lowest BCUT2D eigenvalue weighted by atomic mass is 9.91. The Hall–Kier alpha value is -1.22. The van der Waals surface area contributed by atoms with Crippen LogP contribution in [0.15, 0.2) is 18.2 Å². The Kier molecular flexibility index (Phi) is 2.93. The van der Waals surface area contributed by atoms with Crippen LogP contribution in [0.2, 0.25) is 0 Å². The van der Waals surface area contributed by atoms with Crippen LogP contribution in [0.3, 0.4) is 0 Å². The monoisotopic (exact) mass is 232 g/mol. The molecule has 0 aliphatic carbocycles. The Bertz CT molecular complexity index is 399. The molecule has 2 N–H and O–H groups in total. The fourth-order valence-electron chi connectivity index (χ4n) is 3.04. The number of hydrogen-bond acceptors (Lipinski definition) is 3. The highest BCUT2D eigenvalue weighted by Gasteiger charge is 2.26. The molecule has 2 aliphatic heterocycles. The Morgan fingerprint density at radius 2 is 2.12 bits per heavy atom. The average molecular weight is 232 g/mol. The molecule has 1 fully saturated rings. The van der Waals surface area contributed by atoms with E-state index in [0.29, 0.717) is 5.92 Å². The highest BCUT2D eigenvalue weighted by atomic mass is 16.5. The smallest absolute Gasteiger partial charge is 0.124 e. The zero-order valence-electron chi connectivity index (χ0n) is 10.2. The molecular formula is C14H20N2O.